The Bertz CT molecular complexity index is 622. The van der Waals surface area contributed by atoms with Gasteiger partial charge in [-0.05, 0) is 49.9 Å². The van der Waals surface area contributed by atoms with Crippen LogP contribution in [-0.4, -0.2) is 45.5 Å². The van der Waals surface area contributed by atoms with E-state index in [1.807, 2.05) is 11.8 Å². The van der Waals surface area contributed by atoms with Gasteiger partial charge in [0.25, 0.3) is 5.91 Å². The summed E-state index contributed by atoms with van der Waals surface area (Å²) in [4.78, 5) is 14.1. The van der Waals surface area contributed by atoms with Crippen molar-refractivity contribution in [3.05, 3.63) is 24.3 Å². The number of amides is 1. The molecule has 0 radical (unpaired) electrons. The Kier molecular flexibility index (Phi) is 7.05. The van der Waals surface area contributed by atoms with Crippen LogP contribution in [0.1, 0.15) is 39.0 Å². The van der Waals surface area contributed by atoms with Crippen LogP contribution in [0, 0.1) is 0 Å². The SMILES string of the molecule is CCCCNS(=O)(=O)c1ccc(OCC(=O)N2CCCCC2)cc1. The number of piperidine rings is 1. The minimum atomic E-state index is -3.48. The maximum atomic E-state index is 12.1. The topological polar surface area (TPSA) is 75.7 Å². The predicted molar refractivity (Wildman–Crippen MR) is 92.5 cm³/mol. The van der Waals surface area contributed by atoms with Crippen LogP contribution in [0.25, 0.3) is 0 Å². The van der Waals surface area contributed by atoms with Crippen LogP contribution >= 0.6 is 0 Å². The van der Waals surface area contributed by atoms with E-state index < -0.39 is 10.0 Å². The minimum absolute atomic E-state index is 0.0130. The summed E-state index contributed by atoms with van der Waals surface area (Å²) in [7, 11) is -3.48. The van der Waals surface area contributed by atoms with Crippen molar-refractivity contribution in [1.82, 2.24) is 9.62 Å². The fraction of sp³-hybridized carbons (Fsp3) is 0.588. The lowest BCUT2D eigenvalue weighted by molar-refractivity contribution is -0.134. The molecule has 1 aliphatic rings. The number of hydrogen-bond donors (Lipinski definition) is 1. The lowest BCUT2D eigenvalue weighted by Crippen LogP contribution is -2.38. The molecule has 0 spiro atoms. The Morgan fingerprint density at radius 3 is 2.46 bits per heavy atom. The average Bonchev–Trinajstić information content (AvgIpc) is 2.61. The van der Waals surface area contributed by atoms with Crippen LogP contribution < -0.4 is 9.46 Å². The molecule has 0 saturated carbocycles. The summed E-state index contributed by atoms with van der Waals surface area (Å²) in [6, 6.07) is 6.15. The van der Waals surface area contributed by atoms with E-state index in [0.29, 0.717) is 12.3 Å². The third-order valence-corrected chi connectivity index (χ3v) is 5.50. The van der Waals surface area contributed by atoms with Crippen molar-refractivity contribution in [3.63, 3.8) is 0 Å². The Labute approximate surface area is 144 Å². The molecule has 0 atom stereocenters. The number of hydrogen-bond acceptors (Lipinski definition) is 4. The number of nitrogens with one attached hydrogen (secondary N) is 1. The van der Waals surface area contributed by atoms with Crippen molar-refractivity contribution in [3.8, 4) is 5.75 Å². The maximum Gasteiger partial charge on any atom is 0.260 e. The second-order valence-electron chi connectivity index (χ2n) is 5.95. The normalized spacial score (nSPS) is 15.3. The van der Waals surface area contributed by atoms with Crippen LogP contribution in [0.5, 0.6) is 5.75 Å². The summed E-state index contributed by atoms with van der Waals surface area (Å²) in [6.45, 7) is 4.01. The number of sulfonamides is 1. The number of carbonyl (C=O) groups excluding carboxylic acids is 1. The van der Waals surface area contributed by atoms with Gasteiger partial charge in [0.2, 0.25) is 10.0 Å². The fourth-order valence-electron chi connectivity index (χ4n) is 2.56. The van der Waals surface area contributed by atoms with Gasteiger partial charge in [-0.1, -0.05) is 13.3 Å². The molecule has 1 saturated heterocycles. The van der Waals surface area contributed by atoms with Gasteiger partial charge in [0.15, 0.2) is 6.61 Å². The Morgan fingerprint density at radius 2 is 1.83 bits per heavy atom. The molecule has 1 heterocycles. The third-order valence-electron chi connectivity index (χ3n) is 4.03. The smallest absolute Gasteiger partial charge is 0.260 e. The highest BCUT2D eigenvalue weighted by Crippen LogP contribution is 2.16. The van der Waals surface area contributed by atoms with Crippen LogP contribution in [0.2, 0.25) is 0 Å². The Balaban J connectivity index is 1.86. The lowest BCUT2D eigenvalue weighted by Gasteiger charge is -2.26. The highest BCUT2D eigenvalue weighted by Gasteiger charge is 2.17. The molecule has 0 aliphatic carbocycles. The van der Waals surface area contributed by atoms with Crippen LogP contribution in [0.4, 0.5) is 0 Å². The second kappa shape index (κ2) is 9.03. The molecule has 0 bridgehead atoms. The molecule has 6 nitrogen and oxygen atoms in total. The van der Waals surface area contributed by atoms with E-state index in [1.165, 1.54) is 18.6 Å². The summed E-state index contributed by atoms with van der Waals surface area (Å²) in [5.41, 5.74) is 0. The van der Waals surface area contributed by atoms with Gasteiger partial charge >= 0.3 is 0 Å². The van der Waals surface area contributed by atoms with E-state index in [2.05, 4.69) is 4.72 Å². The molecule has 7 heteroatoms. The van der Waals surface area contributed by atoms with Crippen LogP contribution in [0.3, 0.4) is 0 Å². The van der Waals surface area contributed by atoms with Crippen LogP contribution in [-0.2, 0) is 14.8 Å². The molecule has 2 rings (SSSR count). The summed E-state index contributed by atoms with van der Waals surface area (Å²) < 4.78 is 32.2. The maximum absolute atomic E-state index is 12.1. The van der Waals surface area contributed by atoms with Crippen molar-refractivity contribution in [2.45, 2.75) is 43.9 Å². The summed E-state index contributed by atoms with van der Waals surface area (Å²) in [5.74, 6) is 0.473. The fourth-order valence-corrected chi connectivity index (χ4v) is 3.64. The first kappa shape index (κ1) is 18.7. The van der Waals surface area contributed by atoms with Gasteiger partial charge in [0.1, 0.15) is 5.75 Å². The number of carbonyl (C=O) groups is 1. The molecule has 24 heavy (non-hydrogen) atoms. The molecule has 1 aliphatic heterocycles. The van der Waals surface area contributed by atoms with Gasteiger partial charge in [0.05, 0.1) is 4.90 Å². The number of rotatable bonds is 8. The quantitative estimate of drug-likeness (QED) is 0.726. The highest BCUT2D eigenvalue weighted by molar-refractivity contribution is 7.89. The number of nitrogens with zero attached hydrogens (tertiary/aromatic N) is 1. The number of likely N-dealkylation sites (tertiary alicyclic amines) is 1. The first-order chi connectivity index (χ1) is 11.5. The molecule has 1 aromatic rings. The Hall–Kier alpha value is -1.60. The highest BCUT2D eigenvalue weighted by atomic mass is 32.2. The third kappa shape index (κ3) is 5.49. The summed E-state index contributed by atoms with van der Waals surface area (Å²) in [6.07, 6.45) is 5.00. The zero-order valence-corrected chi connectivity index (χ0v) is 15.0. The van der Waals surface area contributed by atoms with Gasteiger partial charge < -0.3 is 9.64 Å². The lowest BCUT2D eigenvalue weighted by atomic mass is 10.1. The van der Waals surface area contributed by atoms with Gasteiger partial charge in [-0.25, -0.2) is 13.1 Å². The number of unbranched alkanes of at least 4 members (excludes halogenated alkanes) is 1. The van der Waals surface area contributed by atoms with E-state index in [4.69, 9.17) is 4.74 Å². The van der Waals surface area contributed by atoms with E-state index >= 15 is 0 Å². The van der Waals surface area contributed by atoms with E-state index in [1.54, 1.807) is 12.1 Å². The van der Waals surface area contributed by atoms with Gasteiger partial charge in [0, 0.05) is 19.6 Å². The van der Waals surface area contributed by atoms with Gasteiger partial charge in [-0.2, -0.15) is 0 Å². The zero-order chi connectivity index (χ0) is 17.4. The first-order valence-corrected chi connectivity index (χ1v) is 10.0. The van der Waals surface area contributed by atoms with Crippen molar-refractivity contribution in [1.29, 1.82) is 0 Å². The number of benzene rings is 1. The molecule has 0 unspecified atom stereocenters. The Morgan fingerprint density at radius 1 is 1.17 bits per heavy atom. The van der Waals surface area contributed by atoms with Gasteiger partial charge in [-0.3, -0.25) is 4.79 Å². The molecule has 1 aromatic carbocycles. The minimum Gasteiger partial charge on any atom is -0.484 e. The molecule has 1 amide bonds. The standard InChI is InChI=1S/C17H26N2O4S/c1-2-3-11-18-24(21,22)16-9-7-15(8-10-16)23-14-17(20)19-12-5-4-6-13-19/h7-10,18H,2-6,11-14H2,1H3. The second-order valence-corrected chi connectivity index (χ2v) is 7.72. The predicted octanol–water partition coefficient (Wildman–Crippen LogP) is 2.16. The zero-order valence-electron chi connectivity index (χ0n) is 14.2. The van der Waals surface area contributed by atoms with E-state index in [0.717, 1.165) is 38.8 Å². The molecule has 1 N–H and O–H groups in total. The summed E-state index contributed by atoms with van der Waals surface area (Å²) >= 11 is 0. The molecular formula is C17H26N2O4S. The summed E-state index contributed by atoms with van der Waals surface area (Å²) in [5, 5.41) is 0. The van der Waals surface area contributed by atoms with Crippen molar-refractivity contribution in [2.24, 2.45) is 0 Å². The average molecular weight is 354 g/mol. The molecule has 1 fully saturated rings. The van der Waals surface area contributed by atoms with Crippen molar-refractivity contribution < 1.29 is 17.9 Å². The van der Waals surface area contributed by atoms with Crippen molar-refractivity contribution >= 4 is 15.9 Å². The largest absolute Gasteiger partial charge is 0.484 e. The molecule has 134 valence electrons. The first-order valence-electron chi connectivity index (χ1n) is 8.53. The van der Waals surface area contributed by atoms with Gasteiger partial charge in [-0.15, -0.1) is 0 Å². The molecule has 0 aromatic heterocycles. The van der Waals surface area contributed by atoms with Crippen molar-refractivity contribution in [2.75, 3.05) is 26.2 Å². The van der Waals surface area contributed by atoms with Crippen LogP contribution in [0.15, 0.2) is 29.2 Å². The number of ether oxygens (including phenoxy) is 1. The van der Waals surface area contributed by atoms with E-state index in [9.17, 15) is 13.2 Å². The van der Waals surface area contributed by atoms with E-state index in [-0.39, 0.29) is 17.4 Å². The monoisotopic (exact) mass is 354 g/mol. The molecular weight excluding hydrogens is 328 g/mol.